The summed E-state index contributed by atoms with van der Waals surface area (Å²) in [5.41, 5.74) is 4.76. The van der Waals surface area contributed by atoms with Crippen molar-refractivity contribution < 1.29 is 9.18 Å². The molecule has 0 bridgehead atoms. The van der Waals surface area contributed by atoms with Gasteiger partial charge >= 0.3 is 0 Å². The van der Waals surface area contributed by atoms with E-state index in [9.17, 15) is 9.18 Å². The third kappa shape index (κ3) is 3.77. The van der Waals surface area contributed by atoms with E-state index in [4.69, 9.17) is 5.26 Å². The number of rotatable bonds is 5. The summed E-state index contributed by atoms with van der Waals surface area (Å²) in [5, 5.41) is 18.4. The van der Waals surface area contributed by atoms with E-state index in [0.29, 0.717) is 34.0 Å². The van der Waals surface area contributed by atoms with Gasteiger partial charge in [-0.25, -0.2) is 18.9 Å². The van der Waals surface area contributed by atoms with Crippen molar-refractivity contribution in [3.05, 3.63) is 64.2 Å². The van der Waals surface area contributed by atoms with E-state index >= 15 is 0 Å². The Hall–Kier alpha value is -3.64. The summed E-state index contributed by atoms with van der Waals surface area (Å²) in [5.74, 6) is -0.506. The Bertz CT molecular complexity index is 1300. The lowest BCUT2D eigenvalue weighted by Gasteiger charge is -2.11. The highest BCUT2D eigenvalue weighted by Gasteiger charge is 2.15. The molecule has 3 heterocycles. The number of hydrogen-bond acceptors (Lipinski definition) is 6. The molecule has 0 atom stereocenters. The van der Waals surface area contributed by atoms with Crippen LogP contribution in [0.25, 0.3) is 16.9 Å². The van der Waals surface area contributed by atoms with E-state index in [1.165, 1.54) is 29.7 Å². The van der Waals surface area contributed by atoms with E-state index < -0.39 is 0 Å². The molecule has 9 heteroatoms. The quantitative estimate of drug-likeness (QED) is 0.525. The number of nitriles is 1. The second-order valence-electron chi connectivity index (χ2n) is 6.76. The number of benzene rings is 1. The molecule has 1 N–H and O–H groups in total. The minimum Gasteiger partial charge on any atom is -0.302 e. The fraction of sp³-hybridized carbons (Fsp3) is 0.190. The Morgan fingerprint density at radius 1 is 1.33 bits per heavy atom. The van der Waals surface area contributed by atoms with E-state index in [2.05, 4.69) is 26.5 Å². The van der Waals surface area contributed by atoms with E-state index in [0.717, 1.165) is 17.0 Å². The molecule has 4 rings (SSSR count). The van der Waals surface area contributed by atoms with Crippen LogP contribution < -0.4 is 5.32 Å². The highest BCUT2D eigenvalue weighted by molar-refractivity contribution is 7.14. The van der Waals surface area contributed by atoms with Crippen molar-refractivity contribution in [1.82, 2.24) is 19.6 Å². The predicted molar refractivity (Wildman–Crippen MR) is 112 cm³/mol. The summed E-state index contributed by atoms with van der Waals surface area (Å²) in [4.78, 5) is 21.3. The molecule has 0 aliphatic carbocycles. The average Bonchev–Trinajstić information content (AvgIpc) is 3.34. The Morgan fingerprint density at radius 2 is 2.17 bits per heavy atom. The fourth-order valence-electron chi connectivity index (χ4n) is 3.28. The highest BCUT2D eigenvalue weighted by atomic mass is 32.1. The zero-order valence-electron chi connectivity index (χ0n) is 16.3. The van der Waals surface area contributed by atoms with Crippen LogP contribution in [0.5, 0.6) is 0 Å². The Kier molecular flexibility index (Phi) is 5.25. The van der Waals surface area contributed by atoms with Crippen LogP contribution in [0.3, 0.4) is 0 Å². The monoisotopic (exact) mass is 420 g/mol. The molecule has 30 heavy (non-hydrogen) atoms. The highest BCUT2D eigenvalue weighted by Crippen LogP contribution is 2.25. The second kappa shape index (κ2) is 8.00. The van der Waals surface area contributed by atoms with E-state index in [1.54, 1.807) is 22.0 Å². The molecule has 0 saturated heterocycles. The summed E-state index contributed by atoms with van der Waals surface area (Å²) in [6.45, 7) is 3.76. The largest absolute Gasteiger partial charge is 0.302 e. The topological polar surface area (TPSA) is 96.0 Å². The molecular formula is C21H17FN6OS. The van der Waals surface area contributed by atoms with Gasteiger partial charge in [0.15, 0.2) is 10.8 Å². The fourth-order valence-corrected chi connectivity index (χ4v) is 4.02. The van der Waals surface area contributed by atoms with Gasteiger partial charge in [0.05, 0.1) is 11.9 Å². The van der Waals surface area contributed by atoms with Gasteiger partial charge in [0.1, 0.15) is 17.4 Å². The molecule has 0 radical (unpaired) electrons. The molecule has 4 aromatic rings. The molecule has 7 nitrogen and oxygen atoms in total. The summed E-state index contributed by atoms with van der Waals surface area (Å²) in [7, 11) is 0. The Morgan fingerprint density at radius 3 is 2.93 bits per heavy atom. The number of thiazole rings is 1. The molecule has 3 aromatic heterocycles. The number of hydrogen-bond donors (Lipinski definition) is 1. The van der Waals surface area contributed by atoms with Crippen molar-refractivity contribution in [1.29, 1.82) is 5.26 Å². The molecule has 0 saturated carbocycles. The van der Waals surface area contributed by atoms with Crippen LogP contribution in [0.2, 0.25) is 0 Å². The summed E-state index contributed by atoms with van der Waals surface area (Å²) >= 11 is 1.29. The zero-order valence-corrected chi connectivity index (χ0v) is 17.1. The smallest absolute Gasteiger partial charge is 0.226 e. The first-order valence-corrected chi connectivity index (χ1v) is 10.1. The van der Waals surface area contributed by atoms with Crippen molar-refractivity contribution in [3.8, 4) is 17.3 Å². The normalized spacial score (nSPS) is 10.9. The first-order valence-electron chi connectivity index (χ1n) is 9.21. The second-order valence-corrected chi connectivity index (χ2v) is 7.62. The van der Waals surface area contributed by atoms with Crippen LogP contribution in [-0.4, -0.2) is 25.5 Å². The van der Waals surface area contributed by atoms with Gasteiger partial charge in [-0.3, -0.25) is 4.79 Å². The van der Waals surface area contributed by atoms with Crippen molar-refractivity contribution in [3.63, 3.8) is 0 Å². The number of aromatic nitrogens is 4. The number of nitrogens with one attached hydrogen (secondary N) is 1. The van der Waals surface area contributed by atoms with Gasteiger partial charge in [-0.15, -0.1) is 11.3 Å². The van der Waals surface area contributed by atoms with Crippen molar-refractivity contribution in [2.45, 2.75) is 26.7 Å². The van der Waals surface area contributed by atoms with Crippen LogP contribution in [-0.2, 0) is 11.2 Å². The molecule has 0 aliphatic heterocycles. The van der Waals surface area contributed by atoms with Crippen LogP contribution in [0, 0.1) is 31.0 Å². The molecule has 1 amide bonds. The summed E-state index contributed by atoms with van der Waals surface area (Å²) in [6.07, 6.45) is 2.22. The van der Waals surface area contributed by atoms with E-state index in [1.807, 2.05) is 13.8 Å². The maximum atomic E-state index is 13.4. The zero-order chi connectivity index (χ0) is 21.3. The third-order valence-electron chi connectivity index (χ3n) is 4.80. The Balaban J connectivity index is 1.45. The maximum absolute atomic E-state index is 13.4. The van der Waals surface area contributed by atoms with E-state index in [-0.39, 0.29) is 18.1 Å². The van der Waals surface area contributed by atoms with Gasteiger partial charge in [0, 0.05) is 28.8 Å². The molecule has 0 unspecified atom stereocenters. The van der Waals surface area contributed by atoms with Gasteiger partial charge in [0.25, 0.3) is 0 Å². The minimum atomic E-state index is -0.332. The lowest BCUT2D eigenvalue weighted by atomic mass is 10.1. The van der Waals surface area contributed by atoms with Crippen molar-refractivity contribution in [2.24, 2.45) is 0 Å². The molecule has 0 spiro atoms. The SMILES string of the molecule is Cc1nc2c(C#N)cnn2c(C)c1CCC(=O)Nc1nc(-c2cccc(F)c2)cs1. The number of amides is 1. The number of fused-ring (bicyclic) bond motifs is 1. The number of nitrogens with zero attached hydrogens (tertiary/aromatic N) is 5. The third-order valence-corrected chi connectivity index (χ3v) is 5.56. The summed E-state index contributed by atoms with van der Waals surface area (Å²) in [6, 6.07) is 8.25. The first-order chi connectivity index (χ1) is 14.5. The molecular weight excluding hydrogens is 403 g/mol. The van der Waals surface area contributed by atoms with Crippen LogP contribution in [0.4, 0.5) is 9.52 Å². The lowest BCUT2D eigenvalue weighted by molar-refractivity contribution is -0.116. The first kappa shape index (κ1) is 19.7. The molecule has 150 valence electrons. The van der Waals surface area contributed by atoms with Gasteiger partial charge in [-0.05, 0) is 38.0 Å². The minimum absolute atomic E-state index is 0.174. The van der Waals surface area contributed by atoms with Crippen LogP contribution in [0.15, 0.2) is 35.8 Å². The predicted octanol–water partition coefficient (Wildman–Crippen LogP) is 4.05. The molecule has 0 aliphatic rings. The number of carbonyl (C=O) groups is 1. The van der Waals surface area contributed by atoms with Crippen LogP contribution in [0.1, 0.15) is 28.9 Å². The number of halogens is 1. The standard InChI is InChI=1S/C21H17FN6OS/c1-12-17(13(2)28-20(25-12)15(9-23)10-24-28)6-7-19(29)27-21-26-18(11-30-21)14-4-3-5-16(22)8-14/h3-5,8,10-11H,6-7H2,1-2H3,(H,26,27,29). The number of carbonyl (C=O) groups excluding carboxylic acids is 1. The van der Waals surface area contributed by atoms with Crippen molar-refractivity contribution in [2.75, 3.05) is 5.32 Å². The average molecular weight is 420 g/mol. The summed E-state index contributed by atoms with van der Waals surface area (Å²) < 4.78 is 15.0. The number of aryl methyl sites for hydroxylation is 2. The van der Waals surface area contributed by atoms with Gasteiger partial charge in [0.2, 0.25) is 5.91 Å². The molecule has 0 fully saturated rings. The Labute approximate surface area is 175 Å². The van der Waals surface area contributed by atoms with Gasteiger partial charge in [-0.2, -0.15) is 10.4 Å². The lowest BCUT2D eigenvalue weighted by Crippen LogP contribution is -2.14. The number of anilines is 1. The van der Waals surface area contributed by atoms with Gasteiger partial charge in [-0.1, -0.05) is 12.1 Å². The van der Waals surface area contributed by atoms with Crippen LogP contribution >= 0.6 is 11.3 Å². The van der Waals surface area contributed by atoms with Gasteiger partial charge < -0.3 is 5.32 Å². The molecule has 1 aromatic carbocycles. The van der Waals surface area contributed by atoms with Crippen molar-refractivity contribution >= 4 is 28.0 Å². The maximum Gasteiger partial charge on any atom is 0.226 e.